The predicted molar refractivity (Wildman–Crippen MR) is 69.6 cm³/mol. The second-order valence-corrected chi connectivity index (χ2v) is 4.75. The van der Waals surface area contributed by atoms with Crippen molar-refractivity contribution in [2.45, 2.75) is 31.8 Å². The molecule has 18 heavy (non-hydrogen) atoms. The SMILES string of the molecule is CC(CNc1ncccc1[N+](=O)[O-])N(C)C1CC1. The van der Waals surface area contributed by atoms with Crippen LogP contribution in [0.25, 0.3) is 0 Å². The largest absolute Gasteiger partial charge is 0.363 e. The van der Waals surface area contributed by atoms with Crippen LogP contribution in [-0.4, -0.2) is 40.5 Å². The minimum absolute atomic E-state index is 0.0266. The van der Waals surface area contributed by atoms with Gasteiger partial charge in [0.2, 0.25) is 5.82 Å². The number of hydrogen-bond acceptors (Lipinski definition) is 5. The number of anilines is 1. The molecular formula is C12H18N4O2. The summed E-state index contributed by atoms with van der Waals surface area (Å²) in [4.78, 5) is 16.7. The van der Waals surface area contributed by atoms with Crippen molar-refractivity contribution in [1.82, 2.24) is 9.88 Å². The van der Waals surface area contributed by atoms with Crippen LogP contribution in [0.3, 0.4) is 0 Å². The third kappa shape index (κ3) is 2.95. The molecule has 1 unspecified atom stereocenters. The highest BCUT2D eigenvalue weighted by molar-refractivity contribution is 5.55. The molecular weight excluding hydrogens is 232 g/mol. The van der Waals surface area contributed by atoms with Gasteiger partial charge in [0.25, 0.3) is 0 Å². The molecule has 0 aromatic carbocycles. The fourth-order valence-corrected chi connectivity index (χ4v) is 1.91. The minimum atomic E-state index is -0.412. The third-order valence-electron chi connectivity index (χ3n) is 3.37. The number of nitro groups is 1. The molecule has 1 N–H and O–H groups in total. The van der Waals surface area contributed by atoms with E-state index in [0.717, 1.165) is 0 Å². The van der Waals surface area contributed by atoms with Gasteiger partial charge in [0.05, 0.1) is 4.92 Å². The highest BCUT2D eigenvalue weighted by Gasteiger charge is 2.29. The van der Waals surface area contributed by atoms with Gasteiger partial charge in [-0.05, 0) is 32.9 Å². The minimum Gasteiger partial charge on any atom is -0.363 e. The van der Waals surface area contributed by atoms with Crippen LogP contribution in [0.4, 0.5) is 11.5 Å². The summed E-state index contributed by atoms with van der Waals surface area (Å²) in [7, 11) is 2.09. The summed E-state index contributed by atoms with van der Waals surface area (Å²) in [6.45, 7) is 2.77. The summed E-state index contributed by atoms with van der Waals surface area (Å²) in [5.41, 5.74) is 0.0266. The second kappa shape index (κ2) is 5.30. The van der Waals surface area contributed by atoms with Crippen molar-refractivity contribution >= 4 is 11.5 Å². The van der Waals surface area contributed by atoms with Crippen LogP contribution < -0.4 is 5.32 Å². The maximum absolute atomic E-state index is 10.8. The Bertz CT molecular complexity index is 434. The van der Waals surface area contributed by atoms with Crippen LogP contribution in [-0.2, 0) is 0 Å². The Balaban J connectivity index is 1.95. The summed E-state index contributed by atoms with van der Waals surface area (Å²) < 4.78 is 0. The Morgan fingerprint density at radius 3 is 3.00 bits per heavy atom. The van der Waals surface area contributed by atoms with Gasteiger partial charge in [-0.1, -0.05) is 0 Å². The zero-order valence-corrected chi connectivity index (χ0v) is 10.7. The first-order valence-corrected chi connectivity index (χ1v) is 6.15. The van der Waals surface area contributed by atoms with Gasteiger partial charge >= 0.3 is 5.69 Å². The number of hydrogen-bond donors (Lipinski definition) is 1. The van der Waals surface area contributed by atoms with Crippen LogP contribution >= 0.6 is 0 Å². The number of nitrogens with one attached hydrogen (secondary N) is 1. The number of rotatable bonds is 6. The molecule has 6 heteroatoms. The smallest absolute Gasteiger partial charge is 0.311 e. The van der Waals surface area contributed by atoms with Crippen molar-refractivity contribution in [1.29, 1.82) is 0 Å². The number of nitrogens with zero attached hydrogens (tertiary/aromatic N) is 3. The van der Waals surface area contributed by atoms with E-state index in [1.165, 1.54) is 18.9 Å². The van der Waals surface area contributed by atoms with E-state index in [2.05, 4.69) is 29.2 Å². The van der Waals surface area contributed by atoms with Gasteiger partial charge in [0, 0.05) is 30.9 Å². The molecule has 2 rings (SSSR count). The van der Waals surface area contributed by atoms with E-state index < -0.39 is 4.92 Å². The number of aromatic nitrogens is 1. The molecule has 1 atom stereocenters. The van der Waals surface area contributed by atoms with Crippen LogP contribution in [0.5, 0.6) is 0 Å². The molecule has 1 saturated carbocycles. The van der Waals surface area contributed by atoms with E-state index in [1.807, 2.05) is 0 Å². The maximum atomic E-state index is 10.8. The van der Waals surface area contributed by atoms with E-state index in [0.29, 0.717) is 24.4 Å². The molecule has 98 valence electrons. The average molecular weight is 250 g/mol. The first kappa shape index (κ1) is 12.8. The fourth-order valence-electron chi connectivity index (χ4n) is 1.91. The van der Waals surface area contributed by atoms with Crippen molar-refractivity contribution in [2.24, 2.45) is 0 Å². The molecule has 1 aromatic rings. The van der Waals surface area contributed by atoms with Gasteiger partial charge in [-0.2, -0.15) is 0 Å². The van der Waals surface area contributed by atoms with Gasteiger partial charge in [-0.15, -0.1) is 0 Å². The maximum Gasteiger partial charge on any atom is 0.311 e. The van der Waals surface area contributed by atoms with Gasteiger partial charge < -0.3 is 5.32 Å². The second-order valence-electron chi connectivity index (χ2n) is 4.75. The van der Waals surface area contributed by atoms with Crippen molar-refractivity contribution in [3.63, 3.8) is 0 Å². The molecule has 1 aliphatic rings. The van der Waals surface area contributed by atoms with Crippen LogP contribution in [0.2, 0.25) is 0 Å². The Morgan fingerprint density at radius 1 is 1.67 bits per heavy atom. The van der Waals surface area contributed by atoms with Crippen molar-refractivity contribution in [2.75, 3.05) is 18.9 Å². The van der Waals surface area contributed by atoms with Crippen molar-refractivity contribution < 1.29 is 4.92 Å². The van der Waals surface area contributed by atoms with Crippen molar-refractivity contribution in [3.05, 3.63) is 28.4 Å². The Morgan fingerprint density at radius 2 is 2.39 bits per heavy atom. The molecule has 0 radical (unpaired) electrons. The van der Waals surface area contributed by atoms with Gasteiger partial charge in [0.15, 0.2) is 0 Å². The lowest BCUT2D eigenvalue weighted by Crippen LogP contribution is -2.36. The number of pyridine rings is 1. The third-order valence-corrected chi connectivity index (χ3v) is 3.37. The Labute approximate surface area is 106 Å². The molecule has 0 amide bonds. The number of likely N-dealkylation sites (N-methyl/N-ethyl adjacent to an activating group) is 1. The standard InChI is InChI=1S/C12H18N4O2/c1-9(15(2)10-5-6-10)8-14-12-11(16(17)18)4-3-7-13-12/h3-4,7,9-10H,5-6,8H2,1-2H3,(H,13,14). The quantitative estimate of drug-likeness (QED) is 0.616. The van der Waals surface area contributed by atoms with E-state index in [4.69, 9.17) is 0 Å². The molecule has 1 fully saturated rings. The van der Waals surface area contributed by atoms with E-state index in [-0.39, 0.29) is 5.69 Å². The molecule has 0 spiro atoms. The van der Waals surface area contributed by atoms with Gasteiger partial charge in [-0.25, -0.2) is 4.98 Å². The van der Waals surface area contributed by atoms with Crippen LogP contribution in [0.1, 0.15) is 19.8 Å². The topological polar surface area (TPSA) is 71.3 Å². The van der Waals surface area contributed by atoms with E-state index in [9.17, 15) is 10.1 Å². The molecule has 1 aliphatic carbocycles. The van der Waals surface area contributed by atoms with E-state index in [1.54, 1.807) is 12.3 Å². The highest BCUT2D eigenvalue weighted by atomic mass is 16.6. The lowest BCUT2D eigenvalue weighted by molar-refractivity contribution is -0.384. The normalized spacial score (nSPS) is 16.6. The molecule has 6 nitrogen and oxygen atoms in total. The van der Waals surface area contributed by atoms with E-state index >= 15 is 0 Å². The Kier molecular flexibility index (Phi) is 3.76. The molecule has 0 bridgehead atoms. The van der Waals surface area contributed by atoms with Crippen LogP contribution in [0, 0.1) is 10.1 Å². The first-order valence-electron chi connectivity index (χ1n) is 6.15. The summed E-state index contributed by atoms with van der Waals surface area (Å²) in [6, 6.07) is 4.05. The molecule has 0 saturated heterocycles. The first-order chi connectivity index (χ1) is 8.59. The Hall–Kier alpha value is -1.69. The average Bonchev–Trinajstić information content (AvgIpc) is 3.19. The van der Waals surface area contributed by atoms with Gasteiger partial charge in [-0.3, -0.25) is 15.0 Å². The summed E-state index contributed by atoms with van der Waals surface area (Å²) >= 11 is 0. The lowest BCUT2D eigenvalue weighted by Gasteiger charge is -2.24. The lowest BCUT2D eigenvalue weighted by atomic mass is 10.3. The summed E-state index contributed by atoms with van der Waals surface area (Å²) in [5.74, 6) is 0.346. The summed E-state index contributed by atoms with van der Waals surface area (Å²) in [6.07, 6.45) is 4.07. The monoisotopic (exact) mass is 250 g/mol. The molecule has 1 aromatic heterocycles. The highest BCUT2D eigenvalue weighted by Crippen LogP contribution is 2.27. The zero-order chi connectivity index (χ0) is 13.1. The van der Waals surface area contributed by atoms with Crippen LogP contribution in [0.15, 0.2) is 18.3 Å². The predicted octanol–water partition coefficient (Wildman–Crippen LogP) is 1.88. The molecule has 1 heterocycles. The van der Waals surface area contributed by atoms with Gasteiger partial charge in [0.1, 0.15) is 0 Å². The van der Waals surface area contributed by atoms with Crippen molar-refractivity contribution in [3.8, 4) is 0 Å². The zero-order valence-electron chi connectivity index (χ0n) is 10.7. The fraction of sp³-hybridized carbons (Fsp3) is 0.583. The molecule has 0 aliphatic heterocycles. The summed E-state index contributed by atoms with van der Waals surface area (Å²) in [5, 5.41) is 13.9.